The van der Waals surface area contributed by atoms with Crippen LogP contribution in [0.5, 0.6) is 0 Å². The summed E-state index contributed by atoms with van der Waals surface area (Å²) in [6.07, 6.45) is 6.45. The van der Waals surface area contributed by atoms with E-state index < -0.39 is 0 Å². The third-order valence-corrected chi connectivity index (χ3v) is 5.94. The molecule has 0 radical (unpaired) electrons. The highest BCUT2D eigenvalue weighted by Gasteiger charge is 2.47. The van der Waals surface area contributed by atoms with Gasteiger partial charge in [-0.2, -0.15) is 0 Å². The highest BCUT2D eigenvalue weighted by Crippen LogP contribution is 2.29. The highest BCUT2D eigenvalue weighted by atomic mass is 16.3. The van der Waals surface area contributed by atoms with Crippen LogP contribution in [0, 0.1) is 11.8 Å². The Hall–Kier alpha value is -1.47. The van der Waals surface area contributed by atoms with Crippen molar-refractivity contribution >= 4 is 5.91 Å². The molecular weight excluding hydrogens is 294 g/mol. The third kappa shape index (κ3) is 2.87. The minimum Gasteiger partial charge on any atom is -0.390 e. The molecule has 1 unspecified atom stereocenters. The number of rotatable bonds is 4. The molecule has 4 saturated heterocycles. The quantitative estimate of drug-likeness (QED) is 0.722. The Balaban J connectivity index is 1.40. The predicted octanol–water partition coefficient (Wildman–Crippen LogP) is -1.31. The molecule has 1 amide bonds. The lowest BCUT2D eigenvalue weighted by atomic mass is 9.75. The molecule has 0 aromatic carbocycles. The molecule has 0 aliphatic carbocycles. The fraction of sp³-hybridized carbons (Fsp3) is 0.812. The van der Waals surface area contributed by atoms with Gasteiger partial charge in [-0.1, -0.05) is 5.21 Å². The van der Waals surface area contributed by atoms with Crippen LogP contribution in [0.1, 0.15) is 31.4 Å². The number of fused-ring (bicyclic) bond motifs is 3. The van der Waals surface area contributed by atoms with Gasteiger partial charge in [-0.25, -0.2) is 4.68 Å². The lowest BCUT2D eigenvalue weighted by Crippen LogP contribution is -3.20. The van der Waals surface area contributed by atoms with Gasteiger partial charge in [-0.3, -0.25) is 4.79 Å². The number of hydrogen-bond donors (Lipinski definition) is 2. The number of amides is 1. The van der Waals surface area contributed by atoms with E-state index in [9.17, 15) is 4.79 Å². The zero-order valence-electron chi connectivity index (χ0n) is 13.5. The summed E-state index contributed by atoms with van der Waals surface area (Å²) in [6, 6.07) is 0.518. The van der Waals surface area contributed by atoms with Crippen molar-refractivity contribution in [3.8, 4) is 0 Å². The van der Waals surface area contributed by atoms with Crippen molar-refractivity contribution in [2.75, 3.05) is 26.2 Å². The summed E-state index contributed by atoms with van der Waals surface area (Å²) in [5.41, 5.74) is 0.623. The van der Waals surface area contributed by atoms with E-state index in [0.717, 1.165) is 32.6 Å². The molecule has 7 nitrogen and oxygen atoms in total. The molecule has 4 aliphatic heterocycles. The molecule has 4 fully saturated rings. The van der Waals surface area contributed by atoms with Gasteiger partial charge in [0, 0.05) is 25.9 Å². The minimum absolute atomic E-state index is 0.0593. The van der Waals surface area contributed by atoms with Crippen LogP contribution in [0.15, 0.2) is 6.20 Å². The number of likely N-dealkylation sites (tertiary alicyclic amines) is 1. The molecule has 126 valence electrons. The second-order valence-electron chi connectivity index (χ2n) is 7.32. The predicted molar refractivity (Wildman–Crippen MR) is 82.5 cm³/mol. The lowest BCUT2D eigenvalue weighted by Gasteiger charge is -2.46. The molecule has 23 heavy (non-hydrogen) atoms. The average molecular weight is 320 g/mol. The summed E-state index contributed by atoms with van der Waals surface area (Å²) < 4.78 is 1.85. The zero-order valence-corrected chi connectivity index (χ0v) is 13.5. The molecule has 4 aliphatic rings. The topological polar surface area (TPSA) is 75.7 Å². The van der Waals surface area contributed by atoms with E-state index in [2.05, 4.69) is 15.2 Å². The van der Waals surface area contributed by atoms with Crippen molar-refractivity contribution in [3.05, 3.63) is 11.9 Å². The summed E-state index contributed by atoms with van der Waals surface area (Å²) in [7, 11) is 0. The minimum atomic E-state index is -0.0593. The summed E-state index contributed by atoms with van der Waals surface area (Å²) in [5, 5.41) is 17.1. The Morgan fingerprint density at radius 2 is 2.22 bits per heavy atom. The summed E-state index contributed by atoms with van der Waals surface area (Å²) >= 11 is 0. The summed E-state index contributed by atoms with van der Waals surface area (Å²) in [6.45, 7) is 4.85. The van der Waals surface area contributed by atoms with E-state index in [1.54, 1.807) is 4.90 Å². The van der Waals surface area contributed by atoms with Crippen molar-refractivity contribution in [1.82, 2.24) is 19.9 Å². The number of carbonyl (C=O) groups excluding carboxylic acids is 1. The van der Waals surface area contributed by atoms with E-state index in [4.69, 9.17) is 5.11 Å². The monoisotopic (exact) mass is 320 g/mol. The van der Waals surface area contributed by atoms with Crippen molar-refractivity contribution in [1.29, 1.82) is 0 Å². The van der Waals surface area contributed by atoms with Crippen molar-refractivity contribution in [2.24, 2.45) is 11.8 Å². The Kier molecular flexibility index (Phi) is 4.07. The lowest BCUT2D eigenvalue weighted by molar-refractivity contribution is -0.945. The van der Waals surface area contributed by atoms with Crippen LogP contribution in [-0.4, -0.2) is 63.1 Å². The zero-order chi connectivity index (χ0) is 15.8. The van der Waals surface area contributed by atoms with Gasteiger partial charge >= 0.3 is 0 Å². The second kappa shape index (κ2) is 6.20. The number of piperidine rings is 3. The number of hydrogen-bond acceptors (Lipinski definition) is 4. The Morgan fingerprint density at radius 1 is 1.39 bits per heavy atom. The molecule has 7 heteroatoms. The van der Waals surface area contributed by atoms with Gasteiger partial charge in [-0.15, -0.1) is 5.10 Å². The van der Waals surface area contributed by atoms with Gasteiger partial charge in [0.15, 0.2) is 0 Å². The van der Waals surface area contributed by atoms with Crippen molar-refractivity contribution < 1.29 is 14.8 Å². The smallest absolute Gasteiger partial charge is 0.231 e. The maximum atomic E-state index is 12.8. The van der Waals surface area contributed by atoms with Crippen LogP contribution in [0.2, 0.25) is 0 Å². The molecule has 1 aromatic rings. The molecule has 5 heterocycles. The van der Waals surface area contributed by atoms with Crippen molar-refractivity contribution in [2.45, 2.75) is 44.9 Å². The Morgan fingerprint density at radius 3 is 2.87 bits per heavy atom. The number of aromatic nitrogens is 3. The molecule has 5 rings (SSSR count). The average Bonchev–Trinajstić information content (AvgIpc) is 3.26. The standard InChI is InChI=1S/C16H25N5O2/c22-11-13-8-21(18-17-13)9-14-7-12-3-6-20(14)10-15(12)16(23)19-4-1-2-5-19/h8,12,14-15,22H,1-7,9-11H2/p+1/t12-,14-,15+/m1/s1. The SMILES string of the molecule is O=C([C@H]1C[NH+]2CC[C@@H]1C[C@@H]2Cn1cc(CO)nn1)N1CCCC1. The Bertz CT molecular complexity index is 569. The molecule has 1 aromatic heterocycles. The van der Waals surface area contributed by atoms with E-state index in [-0.39, 0.29) is 12.5 Å². The van der Waals surface area contributed by atoms with E-state index in [1.165, 1.54) is 25.8 Å². The molecule has 0 spiro atoms. The van der Waals surface area contributed by atoms with Gasteiger partial charge in [0.05, 0.1) is 38.4 Å². The fourth-order valence-corrected chi connectivity index (χ4v) is 4.70. The summed E-state index contributed by atoms with van der Waals surface area (Å²) in [5.74, 6) is 1.18. The molecule has 4 atom stereocenters. The van der Waals surface area contributed by atoms with Gasteiger partial charge in [-0.05, 0) is 18.8 Å². The van der Waals surface area contributed by atoms with E-state index in [1.807, 2.05) is 10.9 Å². The van der Waals surface area contributed by atoms with Crippen LogP contribution < -0.4 is 4.90 Å². The van der Waals surface area contributed by atoms with Crippen LogP contribution in [0.4, 0.5) is 0 Å². The van der Waals surface area contributed by atoms with Crippen LogP contribution in [0.25, 0.3) is 0 Å². The molecule has 2 bridgehead atoms. The largest absolute Gasteiger partial charge is 0.390 e. The van der Waals surface area contributed by atoms with Crippen LogP contribution in [0.3, 0.4) is 0 Å². The second-order valence-corrected chi connectivity index (χ2v) is 7.32. The van der Waals surface area contributed by atoms with E-state index >= 15 is 0 Å². The fourth-order valence-electron chi connectivity index (χ4n) is 4.70. The highest BCUT2D eigenvalue weighted by molar-refractivity contribution is 5.79. The first-order chi connectivity index (χ1) is 11.2. The van der Waals surface area contributed by atoms with Gasteiger partial charge < -0.3 is 14.9 Å². The number of quaternary nitrogens is 1. The molecular formula is C16H26N5O2+. The Labute approximate surface area is 136 Å². The van der Waals surface area contributed by atoms with E-state index in [0.29, 0.717) is 23.6 Å². The number of nitrogens with zero attached hydrogens (tertiary/aromatic N) is 4. The van der Waals surface area contributed by atoms with Crippen LogP contribution >= 0.6 is 0 Å². The normalized spacial score (nSPS) is 33.3. The number of nitrogens with one attached hydrogen (secondary N) is 1. The van der Waals surface area contributed by atoms with Crippen LogP contribution in [-0.2, 0) is 17.9 Å². The van der Waals surface area contributed by atoms with Crippen molar-refractivity contribution in [3.63, 3.8) is 0 Å². The first-order valence-corrected chi connectivity index (χ1v) is 8.88. The van der Waals surface area contributed by atoms with Gasteiger partial charge in [0.25, 0.3) is 0 Å². The molecule has 2 N–H and O–H groups in total. The van der Waals surface area contributed by atoms with Gasteiger partial charge in [0.1, 0.15) is 11.7 Å². The van der Waals surface area contributed by atoms with Gasteiger partial charge in [0.2, 0.25) is 5.91 Å². The first kappa shape index (κ1) is 15.1. The summed E-state index contributed by atoms with van der Waals surface area (Å²) in [4.78, 5) is 16.4. The maximum Gasteiger partial charge on any atom is 0.231 e. The number of carbonyl (C=O) groups is 1. The number of aliphatic hydroxyl groups is 1. The number of aliphatic hydroxyl groups excluding tert-OH is 1. The molecule has 0 saturated carbocycles. The third-order valence-electron chi connectivity index (χ3n) is 5.94. The first-order valence-electron chi connectivity index (χ1n) is 8.88. The maximum absolute atomic E-state index is 12.8.